The van der Waals surface area contributed by atoms with Gasteiger partial charge in [-0.05, 0) is 48.0 Å². The van der Waals surface area contributed by atoms with Crippen molar-refractivity contribution < 1.29 is 0 Å². The molecule has 4 aromatic carbocycles. The molecular formula is C34H37BN2Si. The van der Waals surface area contributed by atoms with Gasteiger partial charge in [0.1, 0.15) is 7.85 Å². The number of hydrogen-bond acceptors (Lipinski definition) is 1. The fraction of sp³-hybridized carbons (Fsp3) is 0.147. The van der Waals surface area contributed by atoms with Crippen LogP contribution >= 0.6 is 0 Å². The summed E-state index contributed by atoms with van der Waals surface area (Å²) in [6.45, 7) is 4.37. The topological polar surface area (TPSA) is 17.8 Å². The fourth-order valence-electron chi connectivity index (χ4n) is 4.99. The molecule has 0 aliphatic rings. The molecule has 0 fully saturated rings. The first-order chi connectivity index (χ1) is 18.6. The van der Waals surface area contributed by atoms with Crippen LogP contribution in [0, 0.1) is 0 Å². The maximum Gasteiger partial charge on any atom is 0.116 e. The molecule has 0 spiro atoms. The van der Waals surface area contributed by atoms with E-state index in [9.17, 15) is 0 Å². The molecule has 0 aliphatic heterocycles. The number of hydrogen-bond donors (Lipinski definition) is 0. The summed E-state index contributed by atoms with van der Waals surface area (Å²) in [5, 5.41) is -0.108. The molecule has 0 unspecified atom stereocenters. The monoisotopic (exact) mass is 512 g/mol. The highest BCUT2D eigenvalue weighted by atomic mass is 28.2. The van der Waals surface area contributed by atoms with Gasteiger partial charge in [-0.2, -0.15) is 0 Å². The third kappa shape index (κ3) is 6.51. The minimum Gasteiger partial charge on any atom is -0.327 e. The first-order valence-electron chi connectivity index (χ1n) is 13.5. The van der Waals surface area contributed by atoms with Gasteiger partial charge in [0.2, 0.25) is 0 Å². The van der Waals surface area contributed by atoms with Crippen molar-refractivity contribution in [2.45, 2.75) is 30.9 Å². The van der Waals surface area contributed by atoms with Crippen LogP contribution in [-0.4, -0.2) is 26.9 Å². The molecule has 5 aromatic rings. The number of allylic oxidation sites excluding steroid dienone is 2. The minimum atomic E-state index is -0.551. The zero-order valence-electron chi connectivity index (χ0n) is 22.7. The standard InChI is InChI=1S/C21H24N2Si.C13H13B/c1-3-18(2)16-24-21(23-15-14-22-17-23,19-10-6-4-7-11-19)20-12-8-5-9-13-20;14-13(11-7-3-1-4-8-11)12-9-5-2-6-10-12/h3-15,17H,16,24H2,1-2H3;1-10,13H,14H2. The molecule has 2 nitrogen and oxygen atoms in total. The molecule has 0 bridgehead atoms. The molecule has 1 heterocycles. The zero-order valence-corrected chi connectivity index (χ0v) is 24.2. The molecule has 0 N–H and O–H groups in total. The van der Waals surface area contributed by atoms with Crippen molar-refractivity contribution in [2.24, 2.45) is 0 Å². The van der Waals surface area contributed by atoms with E-state index in [0.717, 1.165) is 0 Å². The number of rotatable bonds is 8. The maximum atomic E-state index is 4.36. The first kappa shape index (κ1) is 27.2. The SMILES string of the molecule is BC(c1ccccc1)c1ccccc1.CC=C(C)C[SiH2]C(c1ccccc1)(c1ccccc1)n1ccnc1. The molecule has 0 radical (unpaired) electrons. The van der Waals surface area contributed by atoms with E-state index < -0.39 is 9.52 Å². The van der Waals surface area contributed by atoms with Crippen molar-refractivity contribution in [1.82, 2.24) is 9.55 Å². The molecule has 1 aromatic heterocycles. The van der Waals surface area contributed by atoms with E-state index in [0.29, 0.717) is 5.82 Å². The second-order valence-electron chi connectivity index (χ2n) is 9.74. The lowest BCUT2D eigenvalue weighted by Crippen LogP contribution is -2.41. The van der Waals surface area contributed by atoms with Crippen LogP contribution in [-0.2, 0) is 5.16 Å². The van der Waals surface area contributed by atoms with Crippen LogP contribution in [0.3, 0.4) is 0 Å². The highest BCUT2D eigenvalue weighted by molar-refractivity contribution is 6.42. The van der Waals surface area contributed by atoms with Crippen LogP contribution in [0.15, 0.2) is 152 Å². The number of benzene rings is 4. The van der Waals surface area contributed by atoms with Crippen LogP contribution in [0.2, 0.25) is 6.04 Å². The summed E-state index contributed by atoms with van der Waals surface area (Å²) in [7, 11) is 1.69. The summed E-state index contributed by atoms with van der Waals surface area (Å²) in [5.74, 6) is 0.484. The average Bonchev–Trinajstić information content (AvgIpc) is 3.55. The largest absolute Gasteiger partial charge is 0.327 e. The molecule has 0 saturated carbocycles. The van der Waals surface area contributed by atoms with Crippen LogP contribution in [0.4, 0.5) is 0 Å². The second-order valence-corrected chi connectivity index (χ2v) is 11.8. The van der Waals surface area contributed by atoms with Gasteiger partial charge < -0.3 is 4.57 Å². The van der Waals surface area contributed by atoms with Crippen molar-refractivity contribution >= 4 is 17.4 Å². The molecular weight excluding hydrogens is 475 g/mol. The van der Waals surface area contributed by atoms with E-state index in [-0.39, 0.29) is 5.16 Å². The van der Waals surface area contributed by atoms with Gasteiger partial charge in [0, 0.05) is 12.4 Å². The summed E-state index contributed by atoms with van der Waals surface area (Å²) < 4.78 is 2.31. The lowest BCUT2D eigenvalue weighted by Gasteiger charge is -2.37. The smallest absolute Gasteiger partial charge is 0.116 e. The van der Waals surface area contributed by atoms with E-state index in [1.54, 1.807) is 0 Å². The van der Waals surface area contributed by atoms with Gasteiger partial charge in [-0.15, -0.1) is 0 Å². The summed E-state index contributed by atoms with van der Waals surface area (Å²) in [4.78, 5) is 4.36. The van der Waals surface area contributed by atoms with Gasteiger partial charge >= 0.3 is 0 Å². The zero-order chi connectivity index (χ0) is 26.6. The quantitative estimate of drug-likeness (QED) is 0.169. The Morgan fingerprint density at radius 1 is 0.789 bits per heavy atom. The predicted molar refractivity (Wildman–Crippen MR) is 167 cm³/mol. The molecule has 38 heavy (non-hydrogen) atoms. The van der Waals surface area contributed by atoms with Gasteiger partial charge in [-0.3, -0.25) is 0 Å². The summed E-state index contributed by atoms with van der Waals surface area (Å²) in [6.07, 6.45) is 8.20. The van der Waals surface area contributed by atoms with E-state index in [2.05, 4.69) is 165 Å². The summed E-state index contributed by atoms with van der Waals surface area (Å²) in [6, 6.07) is 44.1. The van der Waals surface area contributed by atoms with Gasteiger partial charge in [0.25, 0.3) is 0 Å². The van der Waals surface area contributed by atoms with E-state index in [4.69, 9.17) is 0 Å². The van der Waals surface area contributed by atoms with E-state index in [1.807, 2.05) is 12.5 Å². The van der Waals surface area contributed by atoms with Crippen LogP contribution in [0.1, 0.15) is 41.9 Å². The van der Waals surface area contributed by atoms with Crippen molar-refractivity contribution in [3.05, 3.63) is 174 Å². The normalized spacial score (nSPS) is 11.9. The average molecular weight is 513 g/mol. The number of aromatic nitrogens is 2. The van der Waals surface area contributed by atoms with Crippen molar-refractivity contribution in [1.29, 1.82) is 0 Å². The molecule has 0 aliphatic carbocycles. The Bertz CT molecular complexity index is 1290. The van der Waals surface area contributed by atoms with Gasteiger partial charge in [0.05, 0.1) is 21.0 Å². The molecule has 0 saturated heterocycles. The van der Waals surface area contributed by atoms with Gasteiger partial charge in [-0.1, -0.05) is 133 Å². The molecule has 4 heteroatoms. The van der Waals surface area contributed by atoms with Crippen molar-refractivity contribution in [3.8, 4) is 0 Å². The Morgan fingerprint density at radius 2 is 1.24 bits per heavy atom. The highest BCUT2D eigenvalue weighted by Gasteiger charge is 2.35. The van der Waals surface area contributed by atoms with Gasteiger partial charge in [0.15, 0.2) is 0 Å². The minimum absolute atomic E-state index is 0.108. The molecule has 5 rings (SSSR count). The van der Waals surface area contributed by atoms with Crippen LogP contribution in [0.25, 0.3) is 0 Å². The van der Waals surface area contributed by atoms with Crippen LogP contribution in [0.5, 0.6) is 0 Å². The van der Waals surface area contributed by atoms with E-state index in [1.165, 1.54) is 33.9 Å². The summed E-state index contributed by atoms with van der Waals surface area (Å²) in [5.41, 5.74) is 6.92. The van der Waals surface area contributed by atoms with Crippen molar-refractivity contribution in [2.75, 3.05) is 0 Å². The lowest BCUT2D eigenvalue weighted by atomic mass is 9.76. The third-order valence-corrected chi connectivity index (χ3v) is 10.4. The van der Waals surface area contributed by atoms with E-state index >= 15 is 0 Å². The van der Waals surface area contributed by atoms with Crippen LogP contribution < -0.4 is 0 Å². The Kier molecular flexibility index (Phi) is 9.72. The second kappa shape index (κ2) is 13.6. The molecule has 190 valence electrons. The lowest BCUT2D eigenvalue weighted by molar-refractivity contribution is 0.592. The highest BCUT2D eigenvalue weighted by Crippen LogP contribution is 2.34. The Hall–Kier alpha value is -3.89. The Labute approximate surface area is 231 Å². The molecule has 0 amide bonds. The Balaban J connectivity index is 0.000000204. The Morgan fingerprint density at radius 3 is 1.63 bits per heavy atom. The van der Waals surface area contributed by atoms with Crippen molar-refractivity contribution in [3.63, 3.8) is 0 Å². The number of nitrogens with zero attached hydrogens (tertiary/aromatic N) is 2. The number of imidazole rings is 1. The summed E-state index contributed by atoms with van der Waals surface area (Å²) >= 11 is 0. The predicted octanol–water partition coefficient (Wildman–Crippen LogP) is 6.59. The maximum absolute atomic E-state index is 4.36. The van der Waals surface area contributed by atoms with Gasteiger partial charge in [-0.25, -0.2) is 4.98 Å². The molecule has 0 atom stereocenters. The first-order valence-corrected chi connectivity index (χ1v) is 15.2. The fourth-order valence-corrected chi connectivity index (χ4v) is 7.53. The third-order valence-electron chi connectivity index (χ3n) is 7.42.